The lowest BCUT2D eigenvalue weighted by atomic mass is 10.2. The van der Waals surface area contributed by atoms with E-state index in [1.165, 1.54) is 7.11 Å². The van der Waals surface area contributed by atoms with Crippen LogP contribution in [0.15, 0.2) is 46.9 Å². The minimum absolute atomic E-state index is 0.0553. The molecule has 2 aromatic carbocycles. The summed E-state index contributed by atoms with van der Waals surface area (Å²) in [5.41, 5.74) is 0.572. The Labute approximate surface area is 160 Å². The van der Waals surface area contributed by atoms with Crippen molar-refractivity contribution in [3.8, 4) is 34.5 Å². The molecule has 1 aliphatic heterocycles. The number of ether oxygens (including phenoxy) is 4. The summed E-state index contributed by atoms with van der Waals surface area (Å²) in [6, 6.07) is 12.2. The van der Waals surface area contributed by atoms with Gasteiger partial charge in [-0.3, -0.25) is 10.1 Å². The van der Waals surface area contributed by atoms with Gasteiger partial charge in [0.05, 0.1) is 19.8 Å². The van der Waals surface area contributed by atoms with Gasteiger partial charge in [-0.25, -0.2) is 0 Å². The van der Waals surface area contributed by atoms with E-state index in [0.29, 0.717) is 28.6 Å². The summed E-state index contributed by atoms with van der Waals surface area (Å²) >= 11 is 0. The number of nitrogens with one attached hydrogen (secondary N) is 1. The second-order valence-corrected chi connectivity index (χ2v) is 5.83. The van der Waals surface area contributed by atoms with E-state index in [9.17, 15) is 4.79 Å². The van der Waals surface area contributed by atoms with Crippen LogP contribution < -0.4 is 24.3 Å². The van der Waals surface area contributed by atoms with Gasteiger partial charge in [0.2, 0.25) is 6.10 Å². The Bertz CT molecular complexity index is 1000. The molecule has 0 fully saturated rings. The summed E-state index contributed by atoms with van der Waals surface area (Å²) in [4.78, 5) is 12.4. The molecule has 0 radical (unpaired) electrons. The van der Waals surface area contributed by atoms with Crippen molar-refractivity contribution in [2.75, 3.05) is 26.1 Å². The van der Waals surface area contributed by atoms with Crippen molar-refractivity contribution >= 4 is 11.9 Å². The summed E-state index contributed by atoms with van der Waals surface area (Å²) in [5, 5.41) is 10.4. The van der Waals surface area contributed by atoms with Crippen molar-refractivity contribution in [2.24, 2.45) is 0 Å². The molecule has 9 heteroatoms. The van der Waals surface area contributed by atoms with Gasteiger partial charge < -0.3 is 23.4 Å². The van der Waals surface area contributed by atoms with Gasteiger partial charge in [0.15, 0.2) is 11.5 Å². The van der Waals surface area contributed by atoms with Gasteiger partial charge in [-0.1, -0.05) is 17.2 Å². The largest absolute Gasteiger partial charge is 0.497 e. The van der Waals surface area contributed by atoms with Crippen molar-refractivity contribution < 1.29 is 28.2 Å². The highest BCUT2D eigenvalue weighted by Crippen LogP contribution is 2.33. The van der Waals surface area contributed by atoms with Crippen molar-refractivity contribution in [3.05, 3.63) is 42.5 Å². The molecule has 1 atom stereocenters. The van der Waals surface area contributed by atoms with Gasteiger partial charge in [-0.05, 0) is 24.3 Å². The number of anilines is 1. The molecule has 4 rings (SSSR count). The van der Waals surface area contributed by atoms with E-state index in [-0.39, 0.29) is 18.5 Å². The average molecular weight is 383 g/mol. The summed E-state index contributed by atoms with van der Waals surface area (Å²) < 4.78 is 27.2. The van der Waals surface area contributed by atoms with Gasteiger partial charge >= 0.3 is 6.01 Å². The molecule has 1 N–H and O–H groups in total. The topological polar surface area (TPSA) is 105 Å². The maximum Gasteiger partial charge on any atom is 0.322 e. The molecular formula is C19H17N3O6. The van der Waals surface area contributed by atoms with Gasteiger partial charge in [0, 0.05) is 6.07 Å². The number of nitrogens with zero attached hydrogens (tertiary/aromatic N) is 2. The average Bonchev–Trinajstić information content (AvgIpc) is 3.21. The van der Waals surface area contributed by atoms with E-state index < -0.39 is 12.0 Å². The second kappa shape index (κ2) is 7.47. The predicted octanol–water partition coefficient (Wildman–Crippen LogP) is 2.53. The number of carbonyl (C=O) groups is 1. The van der Waals surface area contributed by atoms with Crippen LogP contribution in [0.2, 0.25) is 0 Å². The number of methoxy groups -OCH3 is 2. The first-order valence-corrected chi connectivity index (χ1v) is 8.43. The molecule has 3 aromatic rings. The Morgan fingerprint density at radius 1 is 1.11 bits per heavy atom. The standard InChI is InChI=1S/C19H17N3O6/c1-24-11-7-8-12(15(9-11)25-2)18-21-22-19(28-18)20-17(23)16-10-26-13-5-3-4-6-14(13)27-16/h3-9,16H,10H2,1-2H3,(H,20,22,23)/t16-/m0/s1. The van der Waals surface area contributed by atoms with E-state index in [1.807, 2.05) is 6.07 Å². The normalized spacial score (nSPS) is 15.0. The molecule has 28 heavy (non-hydrogen) atoms. The number of para-hydroxylation sites is 2. The Hall–Kier alpha value is -3.75. The molecule has 0 unspecified atom stereocenters. The number of carbonyl (C=O) groups excluding carboxylic acids is 1. The van der Waals surface area contributed by atoms with E-state index >= 15 is 0 Å². The lowest BCUT2D eigenvalue weighted by Gasteiger charge is -2.24. The Balaban J connectivity index is 1.48. The zero-order valence-electron chi connectivity index (χ0n) is 15.2. The highest BCUT2D eigenvalue weighted by molar-refractivity contribution is 5.93. The predicted molar refractivity (Wildman–Crippen MR) is 97.8 cm³/mol. The first kappa shape index (κ1) is 17.7. The highest BCUT2D eigenvalue weighted by Gasteiger charge is 2.28. The molecule has 1 aromatic heterocycles. The van der Waals surface area contributed by atoms with Crippen LogP contribution in [-0.4, -0.2) is 43.0 Å². The van der Waals surface area contributed by atoms with Crippen LogP contribution >= 0.6 is 0 Å². The molecule has 144 valence electrons. The number of amides is 1. The van der Waals surface area contributed by atoms with Gasteiger partial charge in [-0.15, -0.1) is 5.10 Å². The van der Waals surface area contributed by atoms with Crippen LogP contribution in [-0.2, 0) is 4.79 Å². The van der Waals surface area contributed by atoms with Gasteiger partial charge in [0.25, 0.3) is 11.8 Å². The smallest absolute Gasteiger partial charge is 0.322 e. The number of hydrogen-bond donors (Lipinski definition) is 1. The number of fused-ring (bicyclic) bond motifs is 1. The Kier molecular flexibility index (Phi) is 4.71. The Morgan fingerprint density at radius 2 is 1.93 bits per heavy atom. The zero-order chi connectivity index (χ0) is 19.5. The summed E-state index contributed by atoms with van der Waals surface area (Å²) in [6.07, 6.45) is -0.833. The van der Waals surface area contributed by atoms with Crippen molar-refractivity contribution in [1.82, 2.24) is 10.2 Å². The highest BCUT2D eigenvalue weighted by atomic mass is 16.6. The van der Waals surface area contributed by atoms with Crippen LogP contribution in [0, 0.1) is 0 Å². The van der Waals surface area contributed by atoms with E-state index in [0.717, 1.165) is 0 Å². The maximum atomic E-state index is 12.4. The number of hydrogen-bond acceptors (Lipinski definition) is 8. The monoisotopic (exact) mass is 383 g/mol. The van der Waals surface area contributed by atoms with E-state index in [2.05, 4.69) is 15.5 Å². The molecule has 1 aliphatic rings. The molecule has 0 spiro atoms. The summed E-state index contributed by atoms with van der Waals surface area (Å²) in [7, 11) is 3.08. The third kappa shape index (κ3) is 3.41. The molecule has 0 aliphatic carbocycles. The minimum atomic E-state index is -0.833. The molecule has 0 bridgehead atoms. The number of rotatable bonds is 5. The van der Waals surface area contributed by atoms with E-state index in [1.54, 1.807) is 43.5 Å². The number of aromatic nitrogens is 2. The lowest BCUT2D eigenvalue weighted by molar-refractivity contribution is -0.125. The van der Waals surface area contributed by atoms with Crippen LogP contribution in [0.3, 0.4) is 0 Å². The first-order valence-electron chi connectivity index (χ1n) is 8.43. The van der Waals surface area contributed by atoms with Gasteiger partial charge in [-0.2, -0.15) is 0 Å². The molecular weight excluding hydrogens is 366 g/mol. The molecule has 9 nitrogen and oxygen atoms in total. The molecule has 0 saturated carbocycles. The van der Waals surface area contributed by atoms with Crippen molar-refractivity contribution in [3.63, 3.8) is 0 Å². The fourth-order valence-electron chi connectivity index (χ4n) is 2.69. The van der Waals surface area contributed by atoms with Crippen LogP contribution in [0.1, 0.15) is 0 Å². The summed E-state index contributed by atoms with van der Waals surface area (Å²) in [5.74, 6) is 1.97. The second-order valence-electron chi connectivity index (χ2n) is 5.83. The molecule has 2 heterocycles. The SMILES string of the molecule is COc1ccc(-c2nnc(NC(=O)[C@@H]3COc4ccccc4O3)o2)c(OC)c1. The Morgan fingerprint density at radius 3 is 2.71 bits per heavy atom. The van der Waals surface area contributed by atoms with Crippen molar-refractivity contribution in [1.29, 1.82) is 0 Å². The van der Waals surface area contributed by atoms with Crippen LogP contribution in [0.25, 0.3) is 11.5 Å². The quantitative estimate of drug-likeness (QED) is 0.717. The van der Waals surface area contributed by atoms with Crippen LogP contribution in [0.5, 0.6) is 23.0 Å². The number of benzene rings is 2. The summed E-state index contributed by atoms with van der Waals surface area (Å²) in [6.45, 7) is 0.0795. The zero-order valence-corrected chi connectivity index (χ0v) is 15.2. The van der Waals surface area contributed by atoms with Crippen LogP contribution in [0.4, 0.5) is 6.01 Å². The fraction of sp³-hybridized carbons (Fsp3) is 0.211. The fourth-order valence-corrected chi connectivity index (χ4v) is 2.69. The third-order valence-electron chi connectivity index (χ3n) is 4.10. The van der Waals surface area contributed by atoms with E-state index in [4.69, 9.17) is 23.4 Å². The third-order valence-corrected chi connectivity index (χ3v) is 4.10. The van der Waals surface area contributed by atoms with Gasteiger partial charge in [0.1, 0.15) is 18.1 Å². The maximum absolute atomic E-state index is 12.4. The lowest BCUT2D eigenvalue weighted by Crippen LogP contribution is -2.40. The first-order chi connectivity index (χ1) is 13.7. The van der Waals surface area contributed by atoms with Crippen molar-refractivity contribution in [2.45, 2.75) is 6.10 Å². The molecule has 0 saturated heterocycles. The molecule has 1 amide bonds. The minimum Gasteiger partial charge on any atom is -0.497 e.